The molecule has 0 fully saturated rings. The number of carboxylic acids is 1. The maximum Gasteiger partial charge on any atom is 0.304 e. The molecule has 0 saturated carbocycles. The second kappa shape index (κ2) is 6.27. The van der Waals surface area contributed by atoms with Crippen LogP contribution in [0.2, 0.25) is 0 Å². The van der Waals surface area contributed by atoms with Crippen molar-refractivity contribution in [3.63, 3.8) is 0 Å². The van der Waals surface area contributed by atoms with Gasteiger partial charge in [0.05, 0.1) is 6.42 Å². The van der Waals surface area contributed by atoms with Crippen molar-refractivity contribution < 1.29 is 9.90 Å². The van der Waals surface area contributed by atoms with E-state index in [0.717, 1.165) is 6.54 Å². The highest BCUT2D eigenvalue weighted by Gasteiger charge is 2.22. The molecule has 0 aliphatic carbocycles. The van der Waals surface area contributed by atoms with Crippen molar-refractivity contribution in [3.8, 4) is 0 Å². The average molecular weight is 285 g/mol. The highest BCUT2D eigenvalue weighted by molar-refractivity contribution is 5.82. The Kier molecular flexibility index (Phi) is 4.63. The molecular formula is C18H23NO2. The fraction of sp³-hybridized carbons (Fsp3) is 0.389. The summed E-state index contributed by atoms with van der Waals surface area (Å²) in [5, 5.41) is 11.4. The van der Waals surface area contributed by atoms with Gasteiger partial charge in [-0.3, -0.25) is 9.69 Å². The van der Waals surface area contributed by atoms with E-state index in [-0.39, 0.29) is 12.0 Å². The lowest BCUT2D eigenvalue weighted by Gasteiger charge is -2.35. The van der Waals surface area contributed by atoms with Crippen LogP contribution in [0.1, 0.15) is 32.8 Å². The molecule has 0 saturated heterocycles. The number of nitrogens with zero attached hydrogens (tertiary/aromatic N) is 1. The van der Waals surface area contributed by atoms with Crippen molar-refractivity contribution in [3.05, 3.63) is 48.0 Å². The number of aliphatic carboxylic acids is 1. The Labute approximate surface area is 126 Å². The van der Waals surface area contributed by atoms with Crippen LogP contribution in [0.4, 0.5) is 0 Å². The third kappa shape index (κ3) is 4.30. The third-order valence-electron chi connectivity index (χ3n) is 3.73. The molecule has 0 bridgehead atoms. The number of hydrogen-bond acceptors (Lipinski definition) is 2. The van der Waals surface area contributed by atoms with Crippen LogP contribution in [-0.4, -0.2) is 28.1 Å². The smallest absolute Gasteiger partial charge is 0.304 e. The Morgan fingerprint density at radius 2 is 1.76 bits per heavy atom. The molecule has 3 nitrogen and oxygen atoms in total. The van der Waals surface area contributed by atoms with Crippen LogP contribution in [0, 0.1) is 0 Å². The van der Waals surface area contributed by atoms with Gasteiger partial charge in [0.15, 0.2) is 0 Å². The van der Waals surface area contributed by atoms with E-state index in [1.165, 1.54) is 16.3 Å². The fourth-order valence-corrected chi connectivity index (χ4v) is 2.44. The van der Waals surface area contributed by atoms with Gasteiger partial charge < -0.3 is 5.11 Å². The lowest BCUT2D eigenvalue weighted by molar-refractivity contribution is -0.137. The normalized spacial score (nSPS) is 12.0. The van der Waals surface area contributed by atoms with E-state index < -0.39 is 5.97 Å². The molecule has 2 aromatic carbocycles. The molecule has 2 aromatic rings. The molecule has 21 heavy (non-hydrogen) atoms. The van der Waals surface area contributed by atoms with Gasteiger partial charge in [0.2, 0.25) is 0 Å². The largest absolute Gasteiger partial charge is 0.481 e. The molecule has 2 rings (SSSR count). The third-order valence-corrected chi connectivity index (χ3v) is 3.73. The summed E-state index contributed by atoms with van der Waals surface area (Å²) in [4.78, 5) is 13.0. The summed E-state index contributed by atoms with van der Waals surface area (Å²) in [5.41, 5.74) is 1.16. The Hall–Kier alpha value is -1.87. The van der Waals surface area contributed by atoms with Crippen molar-refractivity contribution in [1.82, 2.24) is 4.90 Å². The van der Waals surface area contributed by atoms with Crippen LogP contribution >= 0.6 is 0 Å². The standard InChI is InChI=1S/C18H23NO2/c1-18(2,3)19(11-10-17(20)21)13-14-8-9-15-6-4-5-7-16(15)12-14/h4-9,12H,10-11,13H2,1-3H3,(H,20,21). The second-order valence-electron chi connectivity index (χ2n) is 6.42. The van der Waals surface area contributed by atoms with Crippen LogP contribution < -0.4 is 0 Å². The maximum absolute atomic E-state index is 10.8. The molecule has 0 aromatic heterocycles. The molecule has 112 valence electrons. The second-order valence-corrected chi connectivity index (χ2v) is 6.42. The predicted molar refractivity (Wildman–Crippen MR) is 86.4 cm³/mol. The summed E-state index contributed by atoms with van der Waals surface area (Å²) < 4.78 is 0. The molecular weight excluding hydrogens is 262 g/mol. The van der Waals surface area contributed by atoms with Crippen LogP contribution in [-0.2, 0) is 11.3 Å². The van der Waals surface area contributed by atoms with E-state index in [4.69, 9.17) is 5.11 Å². The van der Waals surface area contributed by atoms with Gasteiger partial charge in [0, 0.05) is 18.6 Å². The molecule has 0 heterocycles. The molecule has 0 aliphatic heterocycles. The minimum absolute atomic E-state index is 0.0545. The van der Waals surface area contributed by atoms with Crippen molar-refractivity contribution >= 4 is 16.7 Å². The SMILES string of the molecule is CC(C)(C)N(CCC(=O)O)Cc1ccc2ccccc2c1. The van der Waals surface area contributed by atoms with Crippen molar-refractivity contribution in [2.45, 2.75) is 39.3 Å². The molecule has 0 aliphatic rings. The topological polar surface area (TPSA) is 40.5 Å². The van der Waals surface area contributed by atoms with Gasteiger partial charge in [-0.1, -0.05) is 36.4 Å². The van der Waals surface area contributed by atoms with Crippen molar-refractivity contribution in [2.24, 2.45) is 0 Å². The van der Waals surface area contributed by atoms with Gasteiger partial charge in [-0.2, -0.15) is 0 Å². The lowest BCUT2D eigenvalue weighted by atomic mass is 10.0. The summed E-state index contributed by atoms with van der Waals surface area (Å²) >= 11 is 0. The number of fused-ring (bicyclic) bond motifs is 1. The molecule has 0 atom stereocenters. The summed E-state index contributed by atoms with van der Waals surface area (Å²) in [5.74, 6) is -0.747. The summed E-state index contributed by atoms with van der Waals surface area (Å²) in [6.07, 6.45) is 0.171. The van der Waals surface area contributed by atoms with E-state index in [9.17, 15) is 4.79 Å². The van der Waals surface area contributed by atoms with Crippen molar-refractivity contribution in [2.75, 3.05) is 6.54 Å². The molecule has 3 heteroatoms. The Balaban J connectivity index is 2.19. The van der Waals surface area contributed by atoms with Gasteiger partial charge in [0.1, 0.15) is 0 Å². The Bertz CT molecular complexity index is 628. The molecule has 0 spiro atoms. The van der Waals surface area contributed by atoms with Gasteiger partial charge in [-0.15, -0.1) is 0 Å². The lowest BCUT2D eigenvalue weighted by Crippen LogP contribution is -2.41. The zero-order valence-corrected chi connectivity index (χ0v) is 13.0. The molecule has 1 N–H and O–H groups in total. The number of hydrogen-bond donors (Lipinski definition) is 1. The molecule has 0 unspecified atom stereocenters. The first-order chi connectivity index (χ1) is 9.86. The minimum atomic E-state index is -0.747. The highest BCUT2D eigenvalue weighted by atomic mass is 16.4. The van der Waals surface area contributed by atoms with Crippen LogP contribution in [0.5, 0.6) is 0 Å². The van der Waals surface area contributed by atoms with Crippen LogP contribution in [0.25, 0.3) is 10.8 Å². The average Bonchev–Trinajstić information content (AvgIpc) is 2.41. The van der Waals surface area contributed by atoms with Crippen molar-refractivity contribution in [1.29, 1.82) is 0 Å². The maximum atomic E-state index is 10.8. The number of carboxylic acid groups (broad SMARTS) is 1. The zero-order valence-electron chi connectivity index (χ0n) is 13.0. The first-order valence-electron chi connectivity index (χ1n) is 7.31. The highest BCUT2D eigenvalue weighted by Crippen LogP contribution is 2.21. The van der Waals surface area contributed by atoms with Gasteiger partial charge >= 0.3 is 5.97 Å². The number of rotatable bonds is 5. The van der Waals surface area contributed by atoms with E-state index >= 15 is 0 Å². The van der Waals surface area contributed by atoms with Gasteiger partial charge in [0.25, 0.3) is 0 Å². The van der Waals surface area contributed by atoms with Gasteiger partial charge in [-0.05, 0) is 43.2 Å². The summed E-state index contributed by atoms with van der Waals surface area (Å²) in [7, 11) is 0. The quantitative estimate of drug-likeness (QED) is 0.905. The van der Waals surface area contributed by atoms with E-state index in [2.05, 4.69) is 56.0 Å². The van der Waals surface area contributed by atoms with E-state index in [1.807, 2.05) is 12.1 Å². The van der Waals surface area contributed by atoms with Crippen LogP contribution in [0.15, 0.2) is 42.5 Å². The fourth-order valence-electron chi connectivity index (χ4n) is 2.44. The minimum Gasteiger partial charge on any atom is -0.481 e. The molecule has 0 radical (unpaired) electrons. The van der Waals surface area contributed by atoms with E-state index in [0.29, 0.717) is 6.54 Å². The number of benzene rings is 2. The summed E-state index contributed by atoms with van der Waals surface area (Å²) in [6.45, 7) is 7.69. The number of carbonyl (C=O) groups is 1. The zero-order chi connectivity index (χ0) is 15.5. The van der Waals surface area contributed by atoms with Gasteiger partial charge in [-0.25, -0.2) is 0 Å². The van der Waals surface area contributed by atoms with E-state index in [1.54, 1.807) is 0 Å². The first kappa shape index (κ1) is 15.5. The van der Waals surface area contributed by atoms with Crippen LogP contribution in [0.3, 0.4) is 0 Å². The Morgan fingerprint density at radius 3 is 2.38 bits per heavy atom. The predicted octanol–water partition coefficient (Wildman–Crippen LogP) is 3.92. The summed E-state index contributed by atoms with van der Waals surface area (Å²) in [6, 6.07) is 14.7. The molecule has 0 amide bonds. The Morgan fingerprint density at radius 1 is 1.10 bits per heavy atom. The first-order valence-corrected chi connectivity index (χ1v) is 7.31. The monoisotopic (exact) mass is 285 g/mol.